The summed E-state index contributed by atoms with van der Waals surface area (Å²) in [7, 11) is 0. The topological polar surface area (TPSA) is 4.44 Å². The summed E-state index contributed by atoms with van der Waals surface area (Å²) >= 11 is 1.99. The number of hydrogen-bond acceptors (Lipinski definition) is 1. The quantitative estimate of drug-likeness (QED) is 0.689. The van der Waals surface area contributed by atoms with Crippen molar-refractivity contribution in [2.45, 2.75) is 24.1 Å². The molecule has 0 saturated heterocycles. The molecule has 2 heteroatoms. The molecule has 12 heavy (non-hydrogen) atoms. The van der Waals surface area contributed by atoms with E-state index < -0.39 is 0 Å². The second kappa shape index (κ2) is 3.11. The van der Waals surface area contributed by atoms with E-state index in [1.165, 1.54) is 17.1 Å². The van der Waals surface area contributed by atoms with E-state index >= 15 is 0 Å². The number of benzene rings is 1. The summed E-state index contributed by atoms with van der Waals surface area (Å²) in [4.78, 5) is 3.07. The van der Waals surface area contributed by atoms with Crippen LogP contribution in [0.25, 0.3) is 0 Å². The van der Waals surface area contributed by atoms with E-state index in [-0.39, 0.29) is 0 Å². The fourth-order valence-corrected chi connectivity index (χ4v) is 3.09. The first-order chi connectivity index (χ1) is 5.83. The first-order valence-electron chi connectivity index (χ1n) is 4.44. The van der Waals surface area contributed by atoms with Gasteiger partial charge < -0.3 is 0 Å². The van der Waals surface area contributed by atoms with Gasteiger partial charge in [-0.3, -0.25) is 4.90 Å². The van der Waals surface area contributed by atoms with Crippen molar-refractivity contribution in [3.63, 3.8) is 0 Å². The number of rotatable bonds is 1. The SMILES string of the molecule is CC[NH+]1c2ccccc2SC1C. The van der Waals surface area contributed by atoms with Gasteiger partial charge in [0, 0.05) is 6.07 Å². The summed E-state index contributed by atoms with van der Waals surface area (Å²) in [6.45, 7) is 5.73. The molecule has 0 amide bonds. The molecular weight excluding hydrogens is 166 g/mol. The Kier molecular flexibility index (Phi) is 2.11. The van der Waals surface area contributed by atoms with Crippen LogP contribution in [0.5, 0.6) is 0 Å². The Morgan fingerprint density at radius 2 is 2.17 bits per heavy atom. The van der Waals surface area contributed by atoms with Crippen LogP contribution in [0, 0.1) is 0 Å². The normalized spacial score (nSPS) is 27.2. The van der Waals surface area contributed by atoms with Crippen molar-refractivity contribution in [1.29, 1.82) is 0 Å². The third-order valence-electron chi connectivity index (χ3n) is 2.41. The van der Waals surface area contributed by atoms with Gasteiger partial charge in [0.15, 0.2) is 0 Å². The van der Waals surface area contributed by atoms with Gasteiger partial charge in [0.2, 0.25) is 0 Å². The van der Waals surface area contributed by atoms with Crippen molar-refractivity contribution in [1.82, 2.24) is 0 Å². The zero-order chi connectivity index (χ0) is 8.55. The third-order valence-corrected chi connectivity index (χ3v) is 3.66. The summed E-state index contributed by atoms with van der Waals surface area (Å²) in [5, 5.41) is 0.687. The molecule has 2 unspecified atom stereocenters. The standard InChI is InChI=1S/C10H13NS/c1-3-11-8(2)12-10-7-5-4-6-9(10)11/h4-8H,3H2,1-2H3/p+1. The molecule has 1 heterocycles. The molecule has 0 saturated carbocycles. The highest BCUT2D eigenvalue weighted by Crippen LogP contribution is 2.31. The Balaban J connectivity index is 2.40. The van der Waals surface area contributed by atoms with Crippen LogP contribution in [0.4, 0.5) is 5.69 Å². The summed E-state index contributed by atoms with van der Waals surface area (Å²) in [6.07, 6.45) is 0. The first-order valence-corrected chi connectivity index (χ1v) is 5.32. The maximum Gasteiger partial charge on any atom is 0.146 e. The first kappa shape index (κ1) is 8.14. The van der Waals surface area contributed by atoms with E-state index in [1.807, 2.05) is 11.8 Å². The zero-order valence-corrected chi connectivity index (χ0v) is 8.32. The van der Waals surface area contributed by atoms with Crippen molar-refractivity contribution in [3.8, 4) is 0 Å². The summed E-state index contributed by atoms with van der Waals surface area (Å²) < 4.78 is 0. The predicted molar refractivity (Wildman–Crippen MR) is 52.9 cm³/mol. The van der Waals surface area contributed by atoms with E-state index in [2.05, 4.69) is 38.1 Å². The Morgan fingerprint density at radius 3 is 2.92 bits per heavy atom. The second-order valence-corrected chi connectivity index (χ2v) is 4.52. The third kappa shape index (κ3) is 1.15. The molecule has 0 radical (unpaired) electrons. The van der Waals surface area contributed by atoms with Crippen LogP contribution in [-0.4, -0.2) is 11.9 Å². The van der Waals surface area contributed by atoms with Crippen LogP contribution >= 0.6 is 11.8 Å². The molecule has 0 fully saturated rings. The molecule has 0 spiro atoms. The lowest BCUT2D eigenvalue weighted by Crippen LogP contribution is -3.08. The summed E-state index contributed by atoms with van der Waals surface area (Å²) in [5.74, 6) is 0. The number of quaternary nitrogens is 1. The molecule has 1 aromatic carbocycles. The minimum Gasteiger partial charge on any atom is -0.291 e. The van der Waals surface area contributed by atoms with Crippen LogP contribution in [0.2, 0.25) is 0 Å². The molecule has 0 aliphatic carbocycles. The minimum absolute atomic E-state index is 0.687. The highest BCUT2D eigenvalue weighted by molar-refractivity contribution is 8.00. The average molecular weight is 180 g/mol. The van der Waals surface area contributed by atoms with Crippen molar-refractivity contribution in [2.75, 3.05) is 6.54 Å². The average Bonchev–Trinajstić information content (AvgIpc) is 2.40. The monoisotopic (exact) mass is 180 g/mol. The van der Waals surface area contributed by atoms with Crippen LogP contribution in [-0.2, 0) is 0 Å². The van der Waals surface area contributed by atoms with Gasteiger partial charge in [0.25, 0.3) is 0 Å². The molecule has 0 bridgehead atoms. The highest BCUT2D eigenvalue weighted by Gasteiger charge is 2.29. The smallest absolute Gasteiger partial charge is 0.146 e. The van der Waals surface area contributed by atoms with E-state index in [0.29, 0.717) is 5.37 Å². The lowest BCUT2D eigenvalue weighted by Gasteiger charge is -2.14. The Bertz CT molecular complexity index is 285. The Labute approximate surface area is 77.8 Å². The van der Waals surface area contributed by atoms with Gasteiger partial charge in [-0.15, -0.1) is 0 Å². The zero-order valence-electron chi connectivity index (χ0n) is 7.50. The molecule has 2 rings (SSSR count). The van der Waals surface area contributed by atoms with Gasteiger partial charge >= 0.3 is 0 Å². The molecule has 2 atom stereocenters. The number of nitrogens with one attached hydrogen (secondary N) is 1. The lowest BCUT2D eigenvalue weighted by atomic mass is 10.3. The number of fused-ring (bicyclic) bond motifs is 1. The Morgan fingerprint density at radius 1 is 1.42 bits per heavy atom. The van der Waals surface area contributed by atoms with Gasteiger partial charge in [0.05, 0.1) is 11.4 Å². The van der Waals surface area contributed by atoms with Crippen LogP contribution in [0.15, 0.2) is 29.2 Å². The van der Waals surface area contributed by atoms with Crippen LogP contribution in [0.3, 0.4) is 0 Å². The Hall–Kier alpha value is -0.470. The van der Waals surface area contributed by atoms with E-state index in [4.69, 9.17) is 0 Å². The van der Waals surface area contributed by atoms with Crippen molar-refractivity contribution in [3.05, 3.63) is 24.3 Å². The number of hydrogen-bond donors (Lipinski definition) is 1. The van der Waals surface area contributed by atoms with Gasteiger partial charge in [-0.2, -0.15) is 0 Å². The molecule has 1 N–H and O–H groups in total. The molecule has 0 aromatic heterocycles. The van der Waals surface area contributed by atoms with Gasteiger partial charge in [-0.25, -0.2) is 0 Å². The van der Waals surface area contributed by atoms with E-state index in [0.717, 1.165) is 0 Å². The molecule has 1 aliphatic rings. The molecular formula is C10H14NS+. The fourth-order valence-electron chi connectivity index (χ4n) is 1.79. The van der Waals surface area contributed by atoms with E-state index in [1.54, 1.807) is 4.90 Å². The van der Waals surface area contributed by atoms with Crippen molar-refractivity contribution in [2.24, 2.45) is 0 Å². The number of thioether (sulfide) groups is 1. The molecule has 1 nitrogen and oxygen atoms in total. The second-order valence-electron chi connectivity index (χ2n) is 3.14. The van der Waals surface area contributed by atoms with Gasteiger partial charge in [-0.05, 0) is 19.9 Å². The van der Waals surface area contributed by atoms with Crippen molar-refractivity contribution < 1.29 is 4.90 Å². The maximum atomic E-state index is 2.30. The summed E-state index contributed by atoms with van der Waals surface area (Å²) in [5.41, 5.74) is 1.48. The van der Waals surface area contributed by atoms with Crippen LogP contribution < -0.4 is 4.90 Å². The van der Waals surface area contributed by atoms with Crippen molar-refractivity contribution >= 4 is 17.4 Å². The molecule has 1 aromatic rings. The lowest BCUT2D eigenvalue weighted by molar-refractivity contribution is -0.837. The van der Waals surface area contributed by atoms with Gasteiger partial charge in [-0.1, -0.05) is 23.9 Å². The minimum atomic E-state index is 0.687. The molecule has 1 aliphatic heterocycles. The van der Waals surface area contributed by atoms with E-state index in [9.17, 15) is 0 Å². The highest BCUT2D eigenvalue weighted by atomic mass is 32.2. The molecule has 64 valence electrons. The van der Waals surface area contributed by atoms with Crippen LogP contribution in [0.1, 0.15) is 13.8 Å². The predicted octanol–water partition coefficient (Wildman–Crippen LogP) is 1.67. The maximum absolute atomic E-state index is 2.30. The van der Waals surface area contributed by atoms with Gasteiger partial charge in [0.1, 0.15) is 11.1 Å². The summed E-state index contributed by atoms with van der Waals surface area (Å²) in [6, 6.07) is 8.72. The fraction of sp³-hybridized carbons (Fsp3) is 0.400. The largest absolute Gasteiger partial charge is 0.291 e. The number of para-hydroxylation sites is 1.